The summed E-state index contributed by atoms with van der Waals surface area (Å²) in [6.07, 6.45) is 4.79. The fourth-order valence-corrected chi connectivity index (χ4v) is 3.85. The molecule has 0 spiro atoms. The first-order valence-corrected chi connectivity index (χ1v) is 11.4. The Bertz CT molecular complexity index is 1140. The van der Waals surface area contributed by atoms with Crippen LogP contribution in [-0.4, -0.2) is 42.3 Å². The SMILES string of the molecule is O=C(CNc1cccc(C(=O)N2CCCCC2)c1)Nc1cccc(C(=O)NCc2ccco2)c1. The summed E-state index contributed by atoms with van der Waals surface area (Å²) in [5.41, 5.74) is 2.26. The maximum Gasteiger partial charge on any atom is 0.253 e. The van der Waals surface area contributed by atoms with Gasteiger partial charge in [-0.1, -0.05) is 12.1 Å². The van der Waals surface area contributed by atoms with Gasteiger partial charge in [0.2, 0.25) is 5.91 Å². The summed E-state index contributed by atoms with van der Waals surface area (Å²) in [7, 11) is 0. The Balaban J connectivity index is 1.29. The molecule has 2 heterocycles. The Morgan fingerprint density at radius 2 is 1.59 bits per heavy atom. The first kappa shape index (κ1) is 23.1. The molecule has 0 atom stereocenters. The number of rotatable bonds is 8. The number of anilines is 2. The minimum Gasteiger partial charge on any atom is -0.467 e. The molecule has 0 radical (unpaired) electrons. The monoisotopic (exact) mass is 460 g/mol. The highest BCUT2D eigenvalue weighted by atomic mass is 16.3. The number of nitrogens with one attached hydrogen (secondary N) is 3. The van der Waals surface area contributed by atoms with Crippen molar-refractivity contribution in [3.05, 3.63) is 83.8 Å². The molecule has 1 aliphatic rings. The van der Waals surface area contributed by atoms with E-state index in [-0.39, 0.29) is 30.8 Å². The lowest BCUT2D eigenvalue weighted by Crippen LogP contribution is -2.35. The van der Waals surface area contributed by atoms with Gasteiger partial charge in [-0.3, -0.25) is 14.4 Å². The smallest absolute Gasteiger partial charge is 0.253 e. The number of piperidine rings is 1. The van der Waals surface area contributed by atoms with E-state index in [0.29, 0.717) is 28.3 Å². The molecule has 0 aliphatic carbocycles. The van der Waals surface area contributed by atoms with E-state index in [1.165, 1.54) is 6.42 Å². The summed E-state index contributed by atoms with van der Waals surface area (Å²) < 4.78 is 5.21. The Labute approximate surface area is 198 Å². The predicted octanol–water partition coefficient (Wildman–Crippen LogP) is 3.89. The predicted molar refractivity (Wildman–Crippen MR) is 130 cm³/mol. The molecule has 3 aromatic rings. The molecule has 1 aromatic heterocycles. The van der Waals surface area contributed by atoms with E-state index < -0.39 is 0 Å². The molecule has 3 N–H and O–H groups in total. The molecule has 34 heavy (non-hydrogen) atoms. The van der Waals surface area contributed by atoms with Crippen LogP contribution in [0.1, 0.15) is 45.7 Å². The number of nitrogens with zero attached hydrogens (tertiary/aromatic N) is 1. The zero-order valence-electron chi connectivity index (χ0n) is 18.9. The van der Waals surface area contributed by atoms with Gasteiger partial charge >= 0.3 is 0 Å². The molecule has 176 valence electrons. The van der Waals surface area contributed by atoms with E-state index >= 15 is 0 Å². The number of hydrogen-bond donors (Lipinski definition) is 3. The van der Waals surface area contributed by atoms with Crippen LogP contribution in [0.15, 0.2) is 71.3 Å². The van der Waals surface area contributed by atoms with Crippen LogP contribution in [0.3, 0.4) is 0 Å². The van der Waals surface area contributed by atoms with Gasteiger partial charge in [-0.05, 0) is 67.8 Å². The number of benzene rings is 2. The molecule has 0 saturated carbocycles. The molecule has 1 fully saturated rings. The second kappa shape index (κ2) is 11.2. The normalized spacial score (nSPS) is 13.2. The summed E-state index contributed by atoms with van der Waals surface area (Å²) in [5.74, 6) is 0.155. The lowest BCUT2D eigenvalue weighted by molar-refractivity contribution is -0.114. The van der Waals surface area contributed by atoms with E-state index in [1.807, 2.05) is 17.0 Å². The summed E-state index contributed by atoms with van der Waals surface area (Å²) >= 11 is 0. The van der Waals surface area contributed by atoms with Crippen LogP contribution in [0, 0.1) is 0 Å². The molecular formula is C26H28N4O4. The fourth-order valence-electron chi connectivity index (χ4n) is 3.85. The first-order chi connectivity index (χ1) is 16.6. The van der Waals surface area contributed by atoms with Gasteiger partial charge in [-0.25, -0.2) is 0 Å². The van der Waals surface area contributed by atoms with Crippen molar-refractivity contribution in [2.75, 3.05) is 30.3 Å². The first-order valence-electron chi connectivity index (χ1n) is 11.4. The van der Waals surface area contributed by atoms with E-state index in [0.717, 1.165) is 25.9 Å². The van der Waals surface area contributed by atoms with Gasteiger partial charge in [0.25, 0.3) is 11.8 Å². The van der Waals surface area contributed by atoms with E-state index in [9.17, 15) is 14.4 Å². The quantitative estimate of drug-likeness (QED) is 0.473. The van der Waals surface area contributed by atoms with Gasteiger partial charge in [0.05, 0.1) is 19.4 Å². The molecule has 8 nitrogen and oxygen atoms in total. The summed E-state index contributed by atoms with van der Waals surface area (Å²) in [6.45, 7) is 1.89. The van der Waals surface area contributed by atoms with Crippen molar-refractivity contribution in [3.8, 4) is 0 Å². The van der Waals surface area contributed by atoms with Gasteiger partial charge in [0.15, 0.2) is 0 Å². The lowest BCUT2D eigenvalue weighted by atomic mass is 10.1. The van der Waals surface area contributed by atoms with Gasteiger partial charge in [0, 0.05) is 35.6 Å². The third kappa shape index (κ3) is 6.25. The average Bonchev–Trinajstić information content (AvgIpc) is 3.40. The zero-order chi connectivity index (χ0) is 23.8. The number of carbonyl (C=O) groups is 3. The molecule has 3 amide bonds. The lowest BCUT2D eigenvalue weighted by Gasteiger charge is -2.26. The topological polar surface area (TPSA) is 104 Å². The van der Waals surface area contributed by atoms with Crippen molar-refractivity contribution < 1.29 is 18.8 Å². The van der Waals surface area contributed by atoms with Crippen molar-refractivity contribution >= 4 is 29.1 Å². The maximum absolute atomic E-state index is 12.7. The Morgan fingerprint density at radius 1 is 0.853 bits per heavy atom. The number of carbonyl (C=O) groups excluding carboxylic acids is 3. The van der Waals surface area contributed by atoms with Gasteiger partial charge < -0.3 is 25.3 Å². The number of amides is 3. The highest BCUT2D eigenvalue weighted by Gasteiger charge is 2.18. The molecule has 1 aliphatic heterocycles. The molecule has 2 aromatic carbocycles. The highest BCUT2D eigenvalue weighted by Crippen LogP contribution is 2.17. The number of furan rings is 1. The average molecular weight is 461 g/mol. The molecule has 0 unspecified atom stereocenters. The van der Waals surface area contributed by atoms with Crippen LogP contribution in [0.25, 0.3) is 0 Å². The van der Waals surface area contributed by atoms with Crippen molar-refractivity contribution in [1.29, 1.82) is 0 Å². The third-order valence-corrected chi connectivity index (χ3v) is 5.62. The Kier molecular flexibility index (Phi) is 7.60. The van der Waals surface area contributed by atoms with Crippen LogP contribution in [0.5, 0.6) is 0 Å². The summed E-state index contributed by atoms with van der Waals surface area (Å²) in [5, 5.41) is 8.63. The maximum atomic E-state index is 12.7. The fraction of sp³-hybridized carbons (Fsp3) is 0.269. The zero-order valence-corrected chi connectivity index (χ0v) is 18.9. The molecule has 1 saturated heterocycles. The molecule has 8 heteroatoms. The number of hydrogen-bond acceptors (Lipinski definition) is 5. The molecule has 0 bridgehead atoms. The van der Waals surface area contributed by atoms with Crippen LogP contribution < -0.4 is 16.0 Å². The van der Waals surface area contributed by atoms with Crippen molar-refractivity contribution in [2.45, 2.75) is 25.8 Å². The van der Waals surface area contributed by atoms with Crippen LogP contribution in [0.4, 0.5) is 11.4 Å². The number of likely N-dealkylation sites (tertiary alicyclic amines) is 1. The minimum absolute atomic E-state index is 0.0231. The van der Waals surface area contributed by atoms with Gasteiger partial charge in [-0.15, -0.1) is 0 Å². The van der Waals surface area contributed by atoms with Crippen molar-refractivity contribution in [2.24, 2.45) is 0 Å². The van der Waals surface area contributed by atoms with E-state index in [1.54, 1.807) is 54.8 Å². The van der Waals surface area contributed by atoms with E-state index in [2.05, 4.69) is 16.0 Å². The van der Waals surface area contributed by atoms with Crippen molar-refractivity contribution in [1.82, 2.24) is 10.2 Å². The highest BCUT2D eigenvalue weighted by molar-refractivity contribution is 5.98. The third-order valence-electron chi connectivity index (χ3n) is 5.62. The van der Waals surface area contributed by atoms with E-state index in [4.69, 9.17) is 4.42 Å². The minimum atomic E-state index is -0.263. The van der Waals surface area contributed by atoms with Gasteiger partial charge in [0.1, 0.15) is 5.76 Å². The summed E-state index contributed by atoms with van der Waals surface area (Å²) in [6, 6.07) is 17.5. The van der Waals surface area contributed by atoms with Crippen LogP contribution in [0.2, 0.25) is 0 Å². The molecule has 4 rings (SSSR count). The second-order valence-electron chi connectivity index (χ2n) is 8.18. The van der Waals surface area contributed by atoms with Gasteiger partial charge in [-0.2, -0.15) is 0 Å². The van der Waals surface area contributed by atoms with Crippen LogP contribution >= 0.6 is 0 Å². The Morgan fingerprint density at radius 3 is 2.35 bits per heavy atom. The van der Waals surface area contributed by atoms with Crippen LogP contribution in [-0.2, 0) is 11.3 Å². The standard InChI is InChI=1S/C26H28N4O4/c31-24(18-27-21-9-5-8-20(16-21)26(33)30-12-2-1-3-13-30)29-22-10-4-7-19(15-22)25(32)28-17-23-11-6-14-34-23/h4-11,14-16,27H,1-3,12-13,17-18H2,(H,28,32)(H,29,31). The summed E-state index contributed by atoms with van der Waals surface area (Å²) in [4.78, 5) is 39.4. The largest absolute Gasteiger partial charge is 0.467 e. The van der Waals surface area contributed by atoms with Crippen molar-refractivity contribution in [3.63, 3.8) is 0 Å². The molecular weight excluding hydrogens is 432 g/mol. The second-order valence-corrected chi connectivity index (χ2v) is 8.18. The Hall–Kier alpha value is -4.07.